The summed E-state index contributed by atoms with van der Waals surface area (Å²) in [6, 6.07) is 16.2. The predicted octanol–water partition coefficient (Wildman–Crippen LogP) is 5.07. The fourth-order valence-corrected chi connectivity index (χ4v) is 3.77. The molecule has 0 unspecified atom stereocenters. The molecule has 0 aliphatic carbocycles. The summed E-state index contributed by atoms with van der Waals surface area (Å²) >= 11 is 0. The number of hydrogen-bond donors (Lipinski definition) is 2. The molecule has 3 aromatic carbocycles. The van der Waals surface area contributed by atoms with Crippen LogP contribution in [0.4, 0.5) is 24.5 Å². The number of anilines is 2. The Morgan fingerprint density at radius 1 is 0.900 bits per heavy atom. The zero-order valence-electron chi connectivity index (χ0n) is 15.7. The van der Waals surface area contributed by atoms with Crippen molar-refractivity contribution in [3.05, 3.63) is 89.5 Å². The first-order chi connectivity index (χ1) is 14.1. The average molecular weight is 434 g/mol. The van der Waals surface area contributed by atoms with Crippen LogP contribution in [0.3, 0.4) is 0 Å². The van der Waals surface area contributed by atoms with E-state index in [4.69, 9.17) is 0 Å². The molecule has 5 nitrogen and oxygen atoms in total. The maximum Gasteiger partial charge on any atom is 0.416 e. The van der Waals surface area contributed by atoms with E-state index in [-0.39, 0.29) is 11.3 Å². The summed E-state index contributed by atoms with van der Waals surface area (Å²) in [5.74, 6) is -0.568. The minimum atomic E-state index is -4.68. The quantitative estimate of drug-likeness (QED) is 0.589. The lowest BCUT2D eigenvalue weighted by molar-refractivity contribution is -0.137. The molecule has 2 N–H and O–H groups in total. The number of halogens is 3. The molecule has 0 aliphatic heterocycles. The normalized spacial score (nSPS) is 11.7. The van der Waals surface area contributed by atoms with E-state index in [0.717, 1.165) is 23.8 Å². The highest BCUT2D eigenvalue weighted by Crippen LogP contribution is 2.31. The van der Waals surface area contributed by atoms with Crippen LogP contribution in [-0.2, 0) is 16.2 Å². The van der Waals surface area contributed by atoms with Crippen LogP contribution in [0.25, 0.3) is 0 Å². The van der Waals surface area contributed by atoms with Crippen molar-refractivity contribution in [3.63, 3.8) is 0 Å². The SMILES string of the molecule is Cc1ccc(NC(=O)c2ccccc2NS(=O)(=O)c2cccc(C(F)(F)F)c2)cc1. The third-order valence-electron chi connectivity index (χ3n) is 4.20. The van der Waals surface area contributed by atoms with Crippen LogP contribution in [0.1, 0.15) is 21.5 Å². The summed E-state index contributed by atoms with van der Waals surface area (Å²) < 4.78 is 66.2. The van der Waals surface area contributed by atoms with Crippen molar-refractivity contribution in [1.29, 1.82) is 0 Å². The predicted molar refractivity (Wildman–Crippen MR) is 108 cm³/mol. The van der Waals surface area contributed by atoms with Crippen LogP contribution >= 0.6 is 0 Å². The molecule has 0 heterocycles. The number of para-hydroxylation sites is 1. The number of hydrogen-bond acceptors (Lipinski definition) is 3. The van der Waals surface area contributed by atoms with Crippen molar-refractivity contribution in [3.8, 4) is 0 Å². The topological polar surface area (TPSA) is 75.3 Å². The fraction of sp³-hybridized carbons (Fsp3) is 0.0952. The molecule has 0 atom stereocenters. The van der Waals surface area contributed by atoms with Gasteiger partial charge in [0.1, 0.15) is 0 Å². The van der Waals surface area contributed by atoms with Crippen LogP contribution < -0.4 is 10.0 Å². The van der Waals surface area contributed by atoms with Gasteiger partial charge in [0.25, 0.3) is 15.9 Å². The fourth-order valence-electron chi connectivity index (χ4n) is 2.65. The highest BCUT2D eigenvalue weighted by molar-refractivity contribution is 7.92. The van der Waals surface area contributed by atoms with E-state index in [0.29, 0.717) is 11.8 Å². The van der Waals surface area contributed by atoms with Gasteiger partial charge in [-0.15, -0.1) is 0 Å². The molecule has 0 aliphatic rings. The lowest BCUT2D eigenvalue weighted by Crippen LogP contribution is -2.19. The van der Waals surface area contributed by atoms with Gasteiger partial charge in [0.2, 0.25) is 0 Å². The van der Waals surface area contributed by atoms with Crippen molar-refractivity contribution in [2.24, 2.45) is 0 Å². The molecule has 9 heteroatoms. The van der Waals surface area contributed by atoms with Crippen LogP contribution in [0, 0.1) is 6.92 Å². The minimum Gasteiger partial charge on any atom is -0.322 e. The molecule has 0 saturated heterocycles. The molecule has 0 fully saturated rings. The van der Waals surface area contributed by atoms with Crippen molar-refractivity contribution in [1.82, 2.24) is 0 Å². The number of aryl methyl sites for hydroxylation is 1. The smallest absolute Gasteiger partial charge is 0.322 e. The summed E-state index contributed by atoms with van der Waals surface area (Å²) in [5.41, 5.74) is 0.396. The number of alkyl halides is 3. The maximum absolute atomic E-state index is 12.9. The molecular weight excluding hydrogens is 417 g/mol. The van der Waals surface area contributed by atoms with E-state index in [1.54, 1.807) is 30.3 Å². The van der Waals surface area contributed by atoms with Crippen molar-refractivity contribution in [2.75, 3.05) is 10.0 Å². The van der Waals surface area contributed by atoms with Gasteiger partial charge >= 0.3 is 6.18 Å². The Morgan fingerprint density at radius 2 is 1.57 bits per heavy atom. The summed E-state index contributed by atoms with van der Waals surface area (Å²) in [5, 5.41) is 2.66. The highest BCUT2D eigenvalue weighted by Gasteiger charge is 2.31. The van der Waals surface area contributed by atoms with Crippen LogP contribution in [0.5, 0.6) is 0 Å². The van der Waals surface area contributed by atoms with Gasteiger partial charge in [0.15, 0.2) is 0 Å². The van der Waals surface area contributed by atoms with E-state index in [2.05, 4.69) is 10.0 Å². The number of rotatable bonds is 5. The third kappa shape index (κ3) is 4.98. The Bertz CT molecular complexity index is 1170. The molecule has 0 spiro atoms. The summed E-state index contributed by atoms with van der Waals surface area (Å²) in [7, 11) is -4.36. The first-order valence-corrected chi connectivity index (χ1v) is 10.2. The Balaban J connectivity index is 1.89. The minimum absolute atomic E-state index is 0.0219. The van der Waals surface area contributed by atoms with Gasteiger partial charge in [0.05, 0.1) is 21.7 Å². The number of carbonyl (C=O) groups is 1. The summed E-state index contributed by atoms with van der Waals surface area (Å²) in [6.07, 6.45) is -4.68. The Kier molecular flexibility index (Phi) is 5.84. The number of amides is 1. The number of carbonyl (C=O) groups excluding carboxylic acids is 1. The van der Waals surface area contributed by atoms with Gasteiger partial charge in [-0.05, 0) is 49.4 Å². The van der Waals surface area contributed by atoms with Crippen molar-refractivity contribution in [2.45, 2.75) is 18.0 Å². The van der Waals surface area contributed by atoms with Crippen molar-refractivity contribution < 1.29 is 26.4 Å². The molecule has 30 heavy (non-hydrogen) atoms. The van der Waals surface area contributed by atoms with Gasteiger partial charge < -0.3 is 5.32 Å². The summed E-state index contributed by atoms with van der Waals surface area (Å²) in [4.78, 5) is 12.1. The zero-order valence-corrected chi connectivity index (χ0v) is 16.5. The Labute approximate surface area is 171 Å². The van der Waals surface area contributed by atoms with Gasteiger partial charge in [-0.1, -0.05) is 35.9 Å². The second-order valence-corrected chi connectivity index (χ2v) is 8.18. The van der Waals surface area contributed by atoms with Crippen LogP contribution in [0.15, 0.2) is 77.7 Å². The zero-order chi connectivity index (χ0) is 21.9. The molecule has 0 radical (unpaired) electrons. The largest absolute Gasteiger partial charge is 0.416 e. The number of nitrogens with one attached hydrogen (secondary N) is 2. The van der Waals surface area contributed by atoms with E-state index >= 15 is 0 Å². The van der Waals surface area contributed by atoms with E-state index in [1.165, 1.54) is 18.2 Å². The average Bonchev–Trinajstić information content (AvgIpc) is 2.69. The highest BCUT2D eigenvalue weighted by atomic mass is 32.2. The molecule has 3 aromatic rings. The van der Waals surface area contributed by atoms with E-state index in [1.807, 2.05) is 6.92 Å². The molecule has 0 saturated carbocycles. The third-order valence-corrected chi connectivity index (χ3v) is 5.56. The lowest BCUT2D eigenvalue weighted by Gasteiger charge is -2.14. The standard InChI is InChI=1S/C21H17F3N2O3S/c1-14-9-11-16(12-10-14)25-20(27)18-7-2-3-8-19(18)26-30(28,29)17-6-4-5-15(13-17)21(22,23)24/h2-13,26H,1H3,(H,25,27). The molecule has 1 amide bonds. The van der Waals surface area contributed by atoms with Crippen LogP contribution in [0.2, 0.25) is 0 Å². The molecular formula is C21H17F3N2O3S. The van der Waals surface area contributed by atoms with Crippen molar-refractivity contribution >= 4 is 27.3 Å². The van der Waals surface area contributed by atoms with Gasteiger partial charge in [-0.25, -0.2) is 8.42 Å². The lowest BCUT2D eigenvalue weighted by atomic mass is 10.1. The number of benzene rings is 3. The Morgan fingerprint density at radius 3 is 2.23 bits per heavy atom. The number of sulfonamides is 1. The molecule has 0 bridgehead atoms. The van der Waals surface area contributed by atoms with Gasteiger partial charge in [0, 0.05) is 5.69 Å². The summed E-state index contributed by atoms with van der Waals surface area (Å²) in [6.45, 7) is 1.89. The molecule has 3 rings (SSSR count). The van der Waals surface area contributed by atoms with Gasteiger partial charge in [-0.3, -0.25) is 9.52 Å². The second kappa shape index (κ2) is 8.19. The first kappa shape index (κ1) is 21.4. The van der Waals surface area contributed by atoms with Gasteiger partial charge in [-0.2, -0.15) is 13.2 Å². The first-order valence-electron chi connectivity index (χ1n) is 8.73. The molecule has 0 aromatic heterocycles. The molecule has 156 valence electrons. The van der Waals surface area contributed by atoms with Crippen LogP contribution in [-0.4, -0.2) is 14.3 Å². The van der Waals surface area contributed by atoms with E-state index < -0.39 is 32.6 Å². The second-order valence-electron chi connectivity index (χ2n) is 6.50. The monoisotopic (exact) mass is 434 g/mol. The Hall–Kier alpha value is -3.33. The maximum atomic E-state index is 12.9. The van der Waals surface area contributed by atoms with E-state index in [9.17, 15) is 26.4 Å².